The van der Waals surface area contributed by atoms with Gasteiger partial charge in [0.25, 0.3) is 0 Å². The van der Waals surface area contributed by atoms with Crippen LogP contribution in [0.5, 0.6) is 0 Å². The van der Waals surface area contributed by atoms with E-state index in [1.807, 2.05) is 0 Å². The van der Waals surface area contributed by atoms with Crippen molar-refractivity contribution >= 4 is 21.4 Å². The van der Waals surface area contributed by atoms with Gasteiger partial charge in [0, 0.05) is 0 Å². The molecule has 0 heterocycles. The van der Waals surface area contributed by atoms with Crippen molar-refractivity contribution in [2.75, 3.05) is 32.7 Å². The number of hydrogen-bond donors (Lipinski definition) is 0. The van der Waals surface area contributed by atoms with Crippen LogP contribution in [0.15, 0.2) is 0 Å². The third kappa shape index (κ3) is 11.0. The summed E-state index contributed by atoms with van der Waals surface area (Å²) in [5, 5.41) is 0. The molecule has 0 aromatic rings. The second kappa shape index (κ2) is 14.4. The predicted molar refractivity (Wildman–Crippen MR) is 99.9 cm³/mol. The van der Waals surface area contributed by atoms with Crippen molar-refractivity contribution in [2.45, 2.75) is 79.4 Å². The monoisotopic (exact) mass is 400 g/mol. The SMILES string of the molecule is CCCN(CC[CH2][In]([CH2]C)[CH2]CCN(CC)CC)C(C)C. The van der Waals surface area contributed by atoms with Crippen LogP contribution in [0.1, 0.15) is 60.8 Å². The van der Waals surface area contributed by atoms with Crippen molar-refractivity contribution < 1.29 is 0 Å². The van der Waals surface area contributed by atoms with Gasteiger partial charge in [-0.2, -0.15) is 0 Å². The van der Waals surface area contributed by atoms with E-state index in [4.69, 9.17) is 0 Å². The Kier molecular flexibility index (Phi) is 14.9. The molecule has 0 aromatic carbocycles. The summed E-state index contributed by atoms with van der Waals surface area (Å²) in [6.07, 6.45) is 4.24. The summed E-state index contributed by atoms with van der Waals surface area (Å²) in [6.45, 7) is 20.5. The zero-order valence-corrected chi connectivity index (χ0v) is 19.1. The standard InChI is InChI=1S/C9H20N.C7H16N.C2H5.In/c1-5-7-10(8-6-2)9(3)4;1-4-7-8(5-2)6-3;1-2;/h9H,1,5-8H2,2-4H3;1,4-7H2,2-3H3;1H2,2H3;. The fraction of sp³-hybridized carbons (Fsp3) is 1.00. The number of rotatable bonds is 14. The summed E-state index contributed by atoms with van der Waals surface area (Å²) in [6, 6.07) is 0.725. The summed E-state index contributed by atoms with van der Waals surface area (Å²) >= 11 is -1.17. The molecule has 0 aliphatic rings. The van der Waals surface area contributed by atoms with Crippen LogP contribution in [0.4, 0.5) is 0 Å². The molecule has 0 aromatic heterocycles. The van der Waals surface area contributed by atoms with Gasteiger partial charge in [0.05, 0.1) is 0 Å². The summed E-state index contributed by atoms with van der Waals surface area (Å²) in [5.74, 6) is 0. The van der Waals surface area contributed by atoms with E-state index < -0.39 is 21.4 Å². The van der Waals surface area contributed by atoms with Gasteiger partial charge in [-0.25, -0.2) is 0 Å². The maximum absolute atomic E-state index is 2.68. The molecule has 0 unspecified atom stereocenters. The average Bonchev–Trinajstić information content (AvgIpc) is 2.48. The van der Waals surface area contributed by atoms with E-state index in [0.29, 0.717) is 0 Å². The summed E-state index contributed by atoms with van der Waals surface area (Å²) in [7, 11) is 0. The zero-order chi connectivity index (χ0) is 16.1. The van der Waals surface area contributed by atoms with Crippen molar-refractivity contribution in [1.82, 2.24) is 9.80 Å². The topological polar surface area (TPSA) is 6.48 Å². The maximum atomic E-state index is 2.68. The molecule has 0 saturated carbocycles. The van der Waals surface area contributed by atoms with Gasteiger partial charge >= 0.3 is 143 Å². The van der Waals surface area contributed by atoms with Crippen LogP contribution in [0.3, 0.4) is 0 Å². The normalized spacial score (nSPS) is 11.9. The Morgan fingerprint density at radius 1 is 0.810 bits per heavy atom. The Morgan fingerprint density at radius 3 is 1.81 bits per heavy atom. The van der Waals surface area contributed by atoms with Crippen LogP contribution >= 0.6 is 0 Å². The van der Waals surface area contributed by atoms with Crippen molar-refractivity contribution in [3.8, 4) is 0 Å². The van der Waals surface area contributed by atoms with E-state index in [-0.39, 0.29) is 0 Å². The van der Waals surface area contributed by atoms with Crippen LogP contribution in [0, 0.1) is 0 Å². The summed E-state index contributed by atoms with van der Waals surface area (Å²) < 4.78 is 4.82. The van der Waals surface area contributed by atoms with Gasteiger partial charge in [-0.1, -0.05) is 0 Å². The van der Waals surface area contributed by atoms with E-state index in [9.17, 15) is 0 Å². The fourth-order valence-electron chi connectivity index (χ4n) is 3.19. The molecule has 0 aliphatic carbocycles. The Hall–Kier alpha value is 0.790. The number of nitrogens with zero attached hydrogens (tertiary/aromatic N) is 2. The molecule has 0 bridgehead atoms. The first-order chi connectivity index (χ1) is 10.1. The number of hydrogen-bond acceptors (Lipinski definition) is 2. The minimum absolute atomic E-state index is 0.725. The predicted octanol–water partition coefficient (Wildman–Crippen LogP) is 4.74. The van der Waals surface area contributed by atoms with Crippen LogP contribution in [-0.2, 0) is 0 Å². The quantitative estimate of drug-likeness (QED) is 0.416. The molecule has 0 aliphatic heterocycles. The zero-order valence-electron chi connectivity index (χ0n) is 15.8. The molecule has 0 spiro atoms. The molecule has 0 amide bonds. The van der Waals surface area contributed by atoms with Gasteiger partial charge in [-0.3, -0.25) is 0 Å². The average molecular weight is 400 g/mol. The molecule has 0 rings (SSSR count). The Balaban J connectivity index is 3.87. The Bertz CT molecular complexity index is 217. The molecule has 21 heavy (non-hydrogen) atoms. The van der Waals surface area contributed by atoms with Gasteiger partial charge in [-0.15, -0.1) is 0 Å². The van der Waals surface area contributed by atoms with E-state index in [2.05, 4.69) is 51.3 Å². The van der Waals surface area contributed by atoms with Crippen molar-refractivity contribution in [3.63, 3.8) is 0 Å². The van der Waals surface area contributed by atoms with E-state index in [1.54, 1.807) is 12.5 Å². The van der Waals surface area contributed by atoms with Crippen molar-refractivity contribution in [3.05, 3.63) is 0 Å². The van der Waals surface area contributed by atoms with E-state index in [0.717, 1.165) is 6.04 Å². The van der Waals surface area contributed by atoms with E-state index >= 15 is 0 Å². The van der Waals surface area contributed by atoms with Gasteiger partial charge < -0.3 is 0 Å². The third-order valence-corrected chi connectivity index (χ3v) is 15.1. The second-order valence-corrected chi connectivity index (χ2v) is 17.3. The van der Waals surface area contributed by atoms with Crippen molar-refractivity contribution in [1.29, 1.82) is 0 Å². The van der Waals surface area contributed by atoms with Crippen LogP contribution in [0.2, 0.25) is 12.5 Å². The first kappa shape index (κ1) is 21.8. The van der Waals surface area contributed by atoms with Crippen LogP contribution in [0.25, 0.3) is 0 Å². The molecule has 0 saturated heterocycles. The van der Waals surface area contributed by atoms with Gasteiger partial charge in [-0.05, 0) is 0 Å². The summed E-state index contributed by atoms with van der Waals surface area (Å²) in [5.41, 5.74) is 0. The Labute approximate surface area is 143 Å². The summed E-state index contributed by atoms with van der Waals surface area (Å²) in [4.78, 5) is 5.26. The first-order valence-corrected chi connectivity index (χ1v) is 16.5. The Morgan fingerprint density at radius 2 is 1.38 bits per heavy atom. The van der Waals surface area contributed by atoms with Gasteiger partial charge in [0.15, 0.2) is 0 Å². The minimum atomic E-state index is -1.17. The molecule has 126 valence electrons. The van der Waals surface area contributed by atoms with Crippen molar-refractivity contribution in [2.24, 2.45) is 0 Å². The molecule has 0 N–H and O–H groups in total. The van der Waals surface area contributed by atoms with Gasteiger partial charge in [0.1, 0.15) is 0 Å². The molecule has 2 nitrogen and oxygen atoms in total. The molecule has 3 heteroatoms. The fourth-order valence-corrected chi connectivity index (χ4v) is 10.7. The third-order valence-electron chi connectivity index (χ3n) is 4.86. The van der Waals surface area contributed by atoms with Crippen LogP contribution in [-0.4, -0.2) is 70.0 Å². The molecular formula is C18H41InN2. The van der Waals surface area contributed by atoms with E-state index in [1.165, 1.54) is 52.0 Å². The molecular weight excluding hydrogens is 359 g/mol. The molecule has 0 atom stereocenters. The molecule has 0 fully saturated rings. The first-order valence-electron chi connectivity index (χ1n) is 9.55. The second-order valence-electron chi connectivity index (χ2n) is 6.72. The molecule has 0 radical (unpaired) electrons. The van der Waals surface area contributed by atoms with Gasteiger partial charge in [0.2, 0.25) is 0 Å². The van der Waals surface area contributed by atoms with Crippen LogP contribution < -0.4 is 0 Å².